The Morgan fingerprint density at radius 3 is 2.43 bits per heavy atom. The van der Waals surface area contributed by atoms with E-state index >= 15 is 0 Å². The molecule has 1 aliphatic carbocycles. The van der Waals surface area contributed by atoms with Gasteiger partial charge >= 0.3 is 0 Å². The van der Waals surface area contributed by atoms with Gasteiger partial charge in [0.2, 0.25) is 0 Å². The first-order valence-electron chi connectivity index (χ1n) is 7.78. The van der Waals surface area contributed by atoms with Crippen LogP contribution in [0.25, 0.3) is 0 Å². The second-order valence-electron chi connectivity index (χ2n) is 5.92. The lowest BCUT2D eigenvalue weighted by molar-refractivity contribution is 0.380. The molecular weight excluding hydrogens is 267 g/mol. The highest BCUT2D eigenvalue weighted by atomic mass is 19.1. The van der Waals surface area contributed by atoms with Crippen LogP contribution in [0, 0.1) is 11.7 Å². The van der Waals surface area contributed by atoms with Crippen molar-refractivity contribution in [2.45, 2.75) is 19.3 Å². The quantitative estimate of drug-likeness (QED) is 0.682. The fourth-order valence-corrected chi connectivity index (χ4v) is 2.71. The lowest BCUT2D eigenvalue weighted by Crippen LogP contribution is -2.51. The van der Waals surface area contributed by atoms with Crippen LogP contribution in [0.15, 0.2) is 29.3 Å². The second-order valence-corrected chi connectivity index (χ2v) is 5.92. The van der Waals surface area contributed by atoms with Gasteiger partial charge in [0.05, 0.1) is 0 Å². The molecule has 114 valence electrons. The van der Waals surface area contributed by atoms with E-state index in [1.54, 1.807) is 0 Å². The molecule has 1 saturated heterocycles. The minimum atomic E-state index is -0.190. The Balaban J connectivity index is 1.48. The summed E-state index contributed by atoms with van der Waals surface area (Å²) in [5.41, 5.74) is 7.14. The van der Waals surface area contributed by atoms with Crippen molar-refractivity contribution in [1.29, 1.82) is 0 Å². The summed E-state index contributed by atoms with van der Waals surface area (Å²) in [6.07, 6.45) is 3.91. The summed E-state index contributed by atoms with van der Waals surface area (Å²) in [5.74, 6) is 1.38. The van der Waals surface area contributed by atoms with Crippen LogP contribution in [-0.4, -0.2) is 43.6 Å². The highest BCUT2D eigenvalue weighted by Crippen LogP contribution is 2.32. The van der Waals surface area contributed by atoms with Crippen molar-refractivity contribution in [3.63, 3.8) is 0 Å². The largest absolute Gasteiger partial charge is 0.370 e. The minimum absolute atomic E-state index is 0.190. The number of benzene rings is 1. The number of hydrogen-bond acceptors (Lipinski definition) is 2. The molecule has 1 aromatic rings. The lowest BCUT2D eigenvalue weighted by atomic mass is 10.2. The Labute approximate surface area is 125 Å². The third-order valence-electron chi connectivity index (χ3n) is 4.30. The van der Waals surface area contributed by atoms with Crippen molar-refractivity contribution in [3.05, 3.63) is 30.1 Å². The normalized spacial score (nSPS) is 20.0. The van der Waals surface area contributed by atoms with Crippen LogP contribution in [-0.2, 0) is 0 Å². The predicted molar refractivity (Wildman–Crippen MR) is 84.0 cm³/mol. The third kappa shape index (κ3) is 3.86. The smallest absolute Gasteiger partial charge is 0.191 e. The first kappa shape index (κ1) is 14.2. The molecule has 1 aliphatic heterocycles. The van der Waals surface area contributed by atoms with Gasteiger partial charge in [-0.1, -0.05) is 12.8 Å². The minimum Gasteiger partial charge on any atom is -0.370 e. The van der Waals surface area contributed by atoms with Gasteiger partial charge in [0, 0.05) is 38.4 Å². The summed E-state index contributed by atoms with van der Waals surface area (Å²) < 4.78 is 12.9. The van der Waals surface area contributed by atoms with Crippen LogP contribution in [0.1, 0.15) is 19.3 Å². The Kier molecular flexibility index (Phi) is 4.27. The number of aliphatic imine (C=N–C) groups is 1. The van der Waals surface area contributed by atoms with Crippen molar-refractivity contribution >= 4 is 11.6 Å². The molecule has 0 spiro atoms. The average molecular weight is 290 g/mol. The standard InChI is InChI=1S/C16H23FN4/c17-14-3-5-15(6-4-14)20-9-11-21(12-10-20)16(18)19-8-7-13-1-2-13/h3-6,13H,1-2,7-12H2,(H2,18,19). The maximum atomic E-state index is 12.9. The molecule has 0 atom stereocenters. The monoisotopic (exact) mass is 290 g/mol. The van der Waals surface area contributed by atoms with Gasteiger partial charge in [0.15, 0.2) is 5.96 Å². The lowest BCUT2D eigenvalue weighted by Gasteiger charge is -2.36. The van der Waals surface area contributed by atoms with E-state index in [-0.39, 0.29) is 5.82 Å². The van der Waals surface area contributed by atoms with E-state index in [2.05, 4.69) is 14.8 Å². The van der Waals surface area contributed by atoms with Crippen molar-refractivity contribution in [1.82, 2.24) is 4.90 Å². The zero-order valence-electron chi connectivity index (χ0n) is 12.3. The maximum Gasteiger partial charge on any atom is 0.191 e. The molecule has 2 aliphatic rings. The molecule has 0 bridgehead atoms. The predicted octanol–water partition coefficient (Wildman–Crippen LogP) is 2.06. The molecule has 1 aromatic carbocycles. The first-order chi connectivity index (χ1) is 10.2. The summed E-state index contributed by atoms with van der Waals surface area (Å²) in [4.78, 5) is 8.89. The van der Waals surface area contributed by atoms with E-state index in [0.29, 0.717) is 5.96 Å². The van der Waals surface area contributed by atoms with E-state index in [1.165, 1.54) is 31.4 Å². The van der Waals surface area contributed by atoms with Crippen molar-refractivity contribution in [2.24, 2.45) is 16.6 Å². The molecule has 0 amide bonds. The third-order valence-corrected chi connectivity index (χ3v) is 4.30. The molecule has 0 radical (unpaired) electrons. The zero-order valence-corrected chi connectivity index (χ0v) is 12.3. The highest BCUT2D eigenvalue weighted by molar-refractivity contribution is 5.78. The molecule has 0 aromatic heterocycles. The molecule has 0 unspecified atom stereocenters. The molecule has 1 saturated carbocycles. The Morgan fingerprint density at radius 1 is 1.14 bits per heavy atom. The van der Waals surface area contributed by atoms with Gasteiger partial charge in [0.25, 0.3) is 0 Å². The van der Waals surface area contributed by atoms with E-state index < -0.39 is 0 Å². The van der Waals surface area contributed by atoms with Gasteiger partial charge in [-0.2, -0.15) is 0 Å². The van der Waals surface area contributed by atoms with Gasteiger partial charge < -0.3 is 15.5 Å². The molecule has 21 heavy (non-hydrogen) atoms. The summed E-state index contributed by atoms with van der Waals surface area (Å²) in [6.45, 7) is 4.38. The summed E-state index contributed by atoms with van der Waals surface area (Å²) in [6, 6.07) is 6.68. The highest BCUT2D eigenvalue weighted by Gasteiger charge is 2.21. The van der Waals surface area contributed by atoms with Crippen LogP contribution < -0.4 is 10.6 Å². The van der Waals surface area contributed by atoms with Gasteiger partial charge in [-0.25, -0.2) is 4.39 Å². The van der Waals surface area contributed by atoms with Crippen molar-refractivity contribution in [2.75, 3.05) is 37.6 Å². The number of piperazine rings is 1. The molecule has 2 fully saturated rings. The Hall–Kier alpha value is -1.78. The number of halogens is 1. The molecular formula is C16H23FN4. The van der Waals surface area contributed by atoms with E-state index in [1.807, 2.05) is 12.1 Å². The van der Waals surface area contributed by atoms with E-state index in [0.717, 1.165) is 44.3 Å². The maximum absolute atomic E-state index is 12.9. The van der Waals surface area contributed by atoms with Gasteiger partial charge in [-0.05, 0) is 36.6 Å². The fourth-order valence-electron chi connectivity index (χ4n) is 2.71. The van der Waals surface area contributed by atoms with Gasteiger partial charge in [-0.3, -0.25) is 4.99 Å². The van der Waals surface area contributed by atoms with Crippen LogP contribution in [0.4, 0.5) is 10.1 Å². The number of hydrogen-bond donors (Lipinski definition) is 1. The molecule has 5 heteroatoms. The van der Waals surface area contributed by atoms with Gasteiger partial charge in [-0.15, -0.1) is 0 Å². The van der Waals surface area contributed by atoms with E-state index in [9.17, 15) is 4.39 Å². The van der Waals surface area contributed by atoms with E-state index in [4.69, 9.17) is 5.73 Å². The van der Waals surface area contributed by atoms with Crippen LogP contribution in [0.3, 0.4) is 0 Å². The number of anilines is 1. The SMILES string of the molecule is NC(=NCCC1CC1)N1CCN(c2ccc(F)cc2)CC1. The van der Waals surface area contributed by atoms with Crippen LogP contribution in [0.2, 0.25) is 0 Å². The summed E-state index contributed by atoms with van der Waals surface area (Å²) in [5, 5.41) is 0. The summed E-state index contributed by atoms with van der Waals surface area (Å²) in [7, 11) is 0. The van der Waals surface area contributed by atoms with Gasteiger partial charge in [0.1, 0.15) is 5.82 Å². The number of guanidine groups is 1. The van der Waals surface area contributed by atoms with Crippen molar-refractivity contribution < 1.29 is 4.39 Å². The van der Waals surface area contributed by atoms with Crippen LogP contribution >= 0.6 is 0 Å². The topological polar surface area (TPSA) is 44.9 Å². The molecule has 3 rings (SSSR count). The first-order valence-corrected chi connectivity index (χ1v) is 7.78. The zero-order chi connectivity index (χ0) is 14.7. The summed E-state index contributed by atoms with van der Waals surface area (Å²) >= 11 is 0. The molecule has 2 N–H and O–H groups in total. The van der Waals surface area contributed by atoms with Crippen LogP contribution in [0.5, 0.6) is 0 Å². The number of nitrogens with two attached hydrogens (primary N) is 1. The fraction of sp³-hybridized carbons (Fsp3) is 0.562. The molecule has 1 heterocycles. The second kappa shape index (κ2) is 6.33. The number of nitrogens with zero attached hydrogens (tertiary/aromatic N) is 3. The Morgan fingerprint density at radius 2 is 1.81 bits per heavy atom. The number of rotatable bonds is 4. The Bertz CT molecular complexity index is 488. The average Bonchev–Trinajstić information content (AvgIpc) is 3.32. The molecule has 4 nitrogen and oxygen atoms in total. The van der Waals surface area contributed by atoms with Crippen molar-refractivity contribution in [3.8, 4) is 0 Å².